The van der Waals surface area contributed by atoms with Crippen molar-refractivity contribution in [3.05, 3.63) is 28.5 Å². The van der Waals surface area contributed by atoms with E-state index in [0.717, 1.165) is 17.6 Å². The van der Waals surface area contributed by atoms with E-state index in [1.165, 1.54) is 0 Å². The Morgan fingerprint density at radius 1 is 1.67 bits per heavy atom. The van der Waals surface area contributed by atoms with E-state index in [1.54, 1.807) is 18.5 Å². The molecule has 0 atom stereocenters. The quantitative estimate of drug-likeness (QED) is 0.868. The largest absolute Gasteiger partial charge is 0.347 e. The number of halogens is 1. The molecule has 0 spiro atoms. The zero-order valence-corrected chi connectivity index (χ0v) is 9.99. The molecule has 1 aromatic rings. The summed E-state index contributed by atoms with van der Waals surface area (Å²) in [6.45, 7) is 1.85. The van der Waals surface area contributed by atoms with E-state index >= 15 is 0 Å². The molecule has 1 saturated heterocycles. The van der Waals surface area contributed by atoms with Crippen LogP contribution in [-0.4, -0.2) is 42.0 Å². The van der Waals surface area contributed by atoms with Gasteiger partial charge in [-0.15, -0.1) is 0 Å². The summed E-state index contributed by atoms with van der Waals surface area (Å²) < 4.78 is 0.732. The number of nitrogens with one attached hydrogen (secondary N) is 1. The van der Waals surface area contributed by atoms with E-state index in [4.69, 9.17) is 0 Å². The highest BCUT2D eigenvalue weighted by Crippen LogP contribution is 2.15. The number of carbonyl (C=O) groups is 1. The first kappa shape index (κ1) is 10.6. The van der Waals surface area contributed by atoms with Crippen LogP contribution in [0.1, 0.15) is 10.4 Å². The number of aromatic nitrogens is 1. The normalized spacial score (nSPS) is 17.2. The summed E-state index contributed by atoms with van der Waals surface area (Å²) in [6.07, 6.45) is 3.24. The lowest BCUT2D eigenvalue weighted by Gasteiger charge is -2.36. The van der Waals surface area contributed by atoms with Gasteiger partial charge < -0.3 is 10.2 Å². The van der Waals surface area contributed by atoms with Gasteiger partial charge in [0.2, 0.25) is 0 Å². The highest BCUT2D eigenvalue weighted by Gasteiger charge is 2.25. The maximum absolute atomic E-state index is 11.8. The van der Waals surface area contributed by atoms with E-state index in [2.05, 4.69) is 31.1 Å². The van der Waals surface area contributed by atoms with Crippen molar-refractivity contribution in [3.63, 3.8) is 0 Å². The Morgan fingerprint density at radius 3 is 3.00 bits per heavy atom. The predicted octanol–water partition coefficient (Wildman–Crippen LogP) is 0.888. The smallest absolute Gasteiger partial charge is 0.252 e. The summed E-state index contributed by atoms with van der Waals surface area (Å²) >= 11 is 3.30. The molecule has 1 N–H and O–H groups in total. The molecule has 0 radical (unpaired) electrons. The lowest BCUT2D eigenvalue weighted by molar-refractivity contribution is 0.0857. The van der Waals surface area contributed by atoms with E-state index in [0.29, 0.717) is 5.56 Å². The summed E-state index contributed by atoms with van der Waals surface area (Å²) in [6, 6.07) is 1.99. The van der Waals surface area contributed by atoms with Gasteiger partial charge in [0.15, 0.2) is 0 Å². The molecule has 15 heavy (non-hydrogen) atoms. The molecular formula is C10H12BrN3O. The van der Waals surface area contributed by atoms with Crippen molar-refractivity contribution in [2.24, 2.45) is 0 Å². The second kappa shape index (κ2) is 4.28. The van der Waals surface area contributed by atoms with Crippen molar-refractivity contribution in [3.8, 4) is 0 Å². The number of nitrogens with zero attached hydrogens (tertiary/aromatic N) is 2. The number of hydrogen-bond acceptors (Lipinski definition) is 3. The van der Waals surface area contributed by atoms with Crippen molar-refractivity contribution in [1.82, 2.24) is 15.2 Å². The fourth-order valence-electron chi connectivity index (χ4n) is 1.61. The van der Waals surface area contributed by atoms with Gasteiger partial charge in [-0.25, -0.2) is 0 Å². The van der Waals surface area contributed by atoms with Gasteiger partial charge in [0.1, 0.15) is 0 Å². The average Bonchev–Trinajstić information content (AvgIpc) is 2.16. The number of carbonyl (C=O) groups excluding carboxylic acids is 1. The van der Waals surface area contributed by atoms with E-state index < -0.39 is 0 Å². The summed E-state index contributed by atoms with van der Waals surface area (Å²) in [4.78, 5) is 17.9. The van der Waals surface area contributed by atoms with Crippen molar-refractivity contribution < 1.29 is 4.79 Å². The lowest BCUT2D eigenvalue weighted by Crippen LogP contribution is -2.57. The predicted molar refractivity (Wildman–Crippen MR) is 60.7 cm³/mol. The molecular weight excluding hydrogens is 258 g/mol. The molecule has 2 heterocycles. The standard InChI is InChI=1S/C10H12BrN3O/c1-14-5-7(6-14)13-10(15)8-2-3-12-4-9(8)11/h2-4,7H,5-6H2,1H3,(H,13,15). The maximum Gasteiger partial charge on any atom is 0.252 e. The monoisotopic (exact) mass is 269 g/mol. The molecule has 1 aromatic heterocycles. The number of likely N-dealkylation sites (tertiary alicyclic amines) is 1. The Labute approximate surface area is 96.8 Å². The number of hydrogen-bond donors (Lipinski definition) is 1. The van der Waals surface area contributed by atoms with Gasteiger partial charge in [-0.05, 0) is 29.0 Å². The molecule has 1 aliphatic heterocycles. The number of rotatable bonds is 2. The van der Waals surface area contributed by atoms with Gasteiger partial charge in [-0.3, -0.25) is 9.78 Å². The molecule has 80 valence electrons. The summed E-state index contributed by atoms with van der Waals surface area (Å²) in [7, 11) is 2.03. The van der Waals surface area contributed by atoms with Crippen LogP contribution in [-0.2, 0) is 0 Å². The zero-order chi connectivity index (χ0) is 10.8. The topological polar surface area (TPSA) is 45.2 Å². The van der Waals surface area contributed by atoms with Gasteiger partial charge in [0.25, 0.3) is 5.91 Å². The van der Waals surface area contributed by atoms with Crippen LogP contribution in [0.2, 0.25) is 0 Å². The fraction of sp³-hybridized carbons (Fsp3) is 0.400. The van der Waals surface area contributed by atoms with Crippen LogP contribution >= 0.6 is 15.9 Å². The van der Waals surface area contributed by atoms with Crippen molar-refractivity contribution in [2.45, 2.75) is 6.04 Å². The third kappa shape index (κ3) is 2.35. The third-order valence-corrected chi connectivity index (χ3v) is 3.05. The summed E-state index contributed by atoms with van der Waals surface area (Å²) in [5.41, 5.74) is 0.638. The summed E-state index contributed by atoms with van der Waals surface area (Å²) in [5, 5.41) is 2.97. The van der Waals surface area contributed by atoms with Gasteiger partial charge in [-0.1, -0.05) is 0 Å². The van der Waals surface area contributed by atoms with E-state index in [1.807, 2.05) is 7.05 Å². The Hall–Kier alpha value is -0.940. The second-order valence-corrected chi connectivity index (χ2v) is 4.60. The molecule has 0 bridgehead atoms. The Balaban J connectivity index is 1.99. The first-order chi connectivity index (χ1) is 7.16. The van der Waals surface area contributed by atoms with Gasteiger partial charge in [0, 0.05) is 30.0 Å². The number of amides is 1. The van der Waals surface area contributed by atoms with Crippen LogP contribution in [0, 0.1) is 0 Å². The van der Waals surface area contributed by atoms with Crippen LogP contribution in [0.15, 0.2) is 22.9 Å². The number of likely N-dealkylation sites (N-methyl/N-ethyl adjacent to an activating group) is 1. The molecule has 0 aromatic carbocycles. The minimum atomic E-state index is -0.0395. The molecule has 0 aliphatic carbocycles. The molecule has 4 nitrogen and oxygen atoms in total. The van der Waals surface area contributed by atoms with Crippen LogP contribution in [0.3, 0.4) is 0 Å². The van der Waals surface area contributed by atoms with E-state index in [9.17, 15) is 4.79 Å². The van der Waals surface area contributed by atoms with Gasteiger partial charge in [-0.2, -0.15) is 0 Å². The minimum Gasteiger partial charge on any atom is -0.347 e. The molecule has 5 heteroatoms. The highest BCUT2D eigenvalue weighted by molar-refractivity contribution is 9.10. The fourth-order valence-corrected chi connectivity index (χ4v) is 2.04. The maximum atomic E-state index is 11.8. The van der Waals surface area contributed by atoms with Crippen molar-refractivity contribution >= 4 is 21.8 Å². The average molecular weight is 270 g/mol. The molecule has 1 aliphatic rings. The SMILES string of the molecule is CN1CC(NC(=O)c2ccncc2Br)C1. The van der Waals surface area contributed by atoms with Crippen LogP contribution in [0.25, 0.3) is 0 Å². The second-order valence-electron chi connectivity index (χ2n) is 3.75. The van der Waals surface area contributed by atoms with Crippen LogP contribution in [0.4, 0.5) is 0 Å². The molecule has 2 rings (SSSR count). The number of pyridine rings is 1. The third-order valence-electron chi connectivity index (χ3n) is 2.42. The van der Waals surface area contributed by atoms with Gasteiger partial charge in [0.05, 0.1) is 11.6 Å². The molecule has 0 unspecified atom stereocenters. The highest BCUT2D eigenvalue weighted by atomic mass is 79.9. The molecule has 1 fully saturated rings. The van der Waals surface area contributed by atoms with Crippen LogP contribution < -0.4 is 5.32 Å². The van der Waals surface area contributed by atoms with Crippen molar-refractivity contribution in [1.29, 1.82) is 0 Å². The Bertz CT molecular complexity index is 377. The zero-order valence-electron chi connectivity index (χ0n) is 8.40. The van der Waals surface area contributed by atoms with Gasteiger partial charge >= 0.3 is 0 Å². The minimum absolute atomic E-state index is 0.0395. The van der Waals surface area contributed by atoms with Crippen molar-refractivity contribution in [2.75, 3.05) is 20.1 Å². The summed E-state index contributed by atoms with van der Waals surface area (Å²) in [5.74, 6) is -0.0395. The lowest BCUT2D eigenvalue weighted by atomic mass is 10.1. The Kier molecular flexibility index (Phi) is 3.02. The molecule has 0 saturated carbocycles. The first-order valence-corrected chi connectivity index (χ1v) is 5.55. The van der Waals surface area contributed by atoms with E-state index in [-0.39, 0.29) is 11.9 Å². The van der Waals surface area contributed by atoms with Crippen LogP contribution in [0.5, 0.6) is 0 Å². The first-order valence-electron chi connectivity index (χ1n) is 4.76. The molecule has 1 amide bonds. The Morgan fingerprint density at radius 2 is 2.40 bits per heavy atom.